The molecule has 0 aliphatic rings. The molecule has 1 N–H and O–H groups in total. The van der Waals surface area contributed by atoms with Crippen LogP contribution in [0.1, 0.15) is 26.5 Å². The summed E-state index contributed by atoms with van der Waals surface area (Å²) in [5.74, 6) is 0.0762. The average Bonchev–Trinajstić information content (AvgIpc) is 3.25. The zero-order chi connectivity index (χ0) is 23.8. The molecule has 170 valence electrons. The summed E-state index contributed by atoms with van der Waals surface area (Å²) in [5.41, 5.74) is 3.75. The van der Waals surface area contributed by atoms with E-state index in [1.807, 2.05) is 60.7 Å². The van der Waals surface area contributed by atoms with Gasteiger partial charge in [-0.1, -0.05) is 67.1 Å². The number of hydrogen-bond donors (Lipinski definition) is 1. The lowest BCUT2D eigenvalue weighted by atomic mass is 10.0. The molecule has 1 aromatic heterocycles. The van der Waals surface area contributed by atoms with Crippen molar-refractivity contribution in [1.82, 2.24) is 9.78 Å². The maximum atomic E-state index is 12.1. The summed E-state index contributed by atoms with van der Waals surface area (Å²) in [6, 6.07) is 24.1. The van der Waals surface area contributed by atoms with Gasteiger partial charge in [-0.3, -0.25) is 0 Å². The first kappa shape index (κ1) is 23.2. The Morgan fingerprint density at radius 3 is 2.00 bits per heavy atom. The van der Waals surface area contributed by atoms with E-state index in [-0.39, 0.29) is 5.75 Å². The molecule has 0 aliphatic heterocycles. The Bertz CT molecular complexity index is 1380. The van der Waals surface area contributed by atoms with Gasteiger partial charge in [-0.05, 0) is 55.3 Å². The molecule has 0 amide bonds. The van der Waals surface area contributed by atoms with Crippen LogP contribution in [0.2, 0.25) is 5.02 Å². The first-order valence-corrected chi connectivity index (χ1v) is 12.6. The number of hydrogen-bond acceptors (Lipinski definition) is 4. The summed E-state index contributed by atoms with van der Waals surface area (Å²) in [6.07, 6.45) is 0. The average molecular weight is 481 g/mol. The fourth-order valence-electron chi connectivity index (χ4n) is 3.55. The minimum Gasteiger partial charge on any atom is -0.384 e. The van der Waals surface area contributed by atoms with Crippen molar-refractivity contribution in [3.8, 4) is 28.1 Å². The number of rotatable bonds is 6. The summed E-state index contributed by atoms with van der Waals surface area (Å²) < 4.78 is 25.9. The predicted molar refractivity (Wildman–Crippen MR) is 132 cm³/mol. The van der Waals surface area contributed by atoms with Crippen LogP contribution in [0.4, 0.5) is 0 Å². The van der Waals surface area contributed by atoms with E-state index in [9.17, 15) is 13.5 Å². The van der Waals surface area contributed by atoms with Gasteiger partial charge in [-0.15, -0.1) is 0 Å². The molecule has 0 fully saturated rings. The number of aliphatic hydroxyl groups is 1. The third-order valence-corrected chi connectivity index (χ3v) is 7.59. The zero-order valence-corrected chi connectivity index (χ0v) is 20.2. The molecule has 4 aromatic rings. The molecule has 0 radical (unpaired) electrons. The van der Waals surface area contributed by atoms with E-state index >= 15 is 0 Å². The topological polar surface area (TPSA) is 72.2 Å². The second kappa shape index (κ2) is 8.78. The van der Waals surface area contributed by atoms with Crippen LogP contribution in [0.3, 0.4) is 0 Å². The SMILES string of the molecule is CCS(=O)(=O)c1ccc(-c2ccc(-c3cc(C(C)(C)O)nn3-c3ccccc3Cl)cc2)cc1. The molecule has 4 rings (SSSR count). The lowest BCUT2D eigenvalue weighted by molar-refractivity contribution is 0.0734. The summed E-state index contributed by atoms with van der Waals surface area (Å²) in [6.45, 7) is 5.03. The van der Waals surface area contributed by atoms with Gasteiger partial charge in [0.15, 0.2) is 9.84 Å². The second-order valence-electron chi connectivity index (χ2n) is 8.34. The molecule has 0 spiro atoms. The lowest BCUT2D eigenvalue weighted by Crippen LogP contribution is -2.16. The highest BCUT2D eigenvalue weighted by atomic mass is 35.5. The van der Waals surface area contributed by atoms with Gasteiger partial charge in [0, 0.05) is 5.56 Å². The van der Waals surface area contributed by atoms with Gasteiger partial charge in [0.05, 0.1) is 32.7 Å². The first-order valence-electron chi connectivity index (χ1n) is 10.6. The van der Waals surface area contributed by atoms with Gasteiger partial charge in [-0.2, -0.15) is 5.10 Å². The Kier molecular flexibility index (Phi) is 6.18. The number of nitrogens with zero attached hydrogens (tertiary/aromatic N) is 2. The number of halogens is 1. The van der Waals surface area contributed by atoms with Crippen LogP contribution >= 0.6 is 11.6 Å². The fraction of sp³-hybridized carbons (Fsp3) is 0.192. The van der Waals surface area contributed by atoms with Crippen LogP contribution in [0.25, 0.3) is 28.1 Å². The molecule has 33 heavy (non-hydrogen) atoms. The minimum atomic E-state index is -3.23. The normalized spacial score (nSPS) is 12.2. The van der Waals surface area contributed by atoms with E-state index < -0.39 is 15.4 Å². The third-order valence-electron chi connectivity index (χ3n) is 5.52. The molecular weight excluding hydrogens is 456 g/mol. The van der Waals surface area contributed by atoms with Gasteiger partial charge >= 0.3 is 0 Å². The van der Waals surface area contributed by atoms with Crippen LogP contribution in [0, 0.1) is 0 Å². The summed E-state index contributed by atoms with van der Waals surface area (Å²) in [4.78, 5) is 0.327. The maximum Gasteiger partial charge on any atom is 0.178 e. The molecular formula is C26H25ClN2O3S. The van der Waals surface area contributed by atoms with E-state index in [0.29, 0.717) is 15.6 Å². The molecule has 0 saturated carbocycles. The van der Waals surface area contributed by atoms with E-state index in [1.165, 1.54) is 0 Å². The van der Waals surface area contributed by atoms with Crippen LogP contribution in [0.5, 0.6) is 0 Å². The molecule has 0 bridgehead atoms. The van der Waals surface area contributed by atoms with Crippen LogP contribution < -0.4 is 0 Å². The molecule has 0 atom stereocenters. The number of benzene rings is 3. The Labute approximate surface area is 199 Å². The highest BCUT2D eigenvalue weighted by Gasteiger charge is 2.23. The van der Waals surface area contributed by atoms with Gasteiger partial charge in [-0.25, -0.2) is 13.1 Å². The van der Waals surface area contributed by atoms with Gasteiger partial charge < -0.3 is 5.11 Å². The van der Waals surface area contributed by atoms with Crippen molar-refractivity contribution in [1.29, 1.82) is 0 Å². The largest absolute Gasteiger partial charge is 0.384 e. The van der Waals surface area contributed by atoms with Gasteiger partial charge in [0.2, 0.25) is 0 Å². The first-order chi connectivity index (χ1) is 15.6. The smallest absolute Gasteiger partial charge is 0.178 e. The van der Waals surface area contributed by atoms with Gasteiger partial charge in [0.25, 0.3) is 0 Å². The predicted octanol–water partition coefficient (Wildman–Crippen LogP) is 5.88. The molecule has 0 saturated heterocycles. The summed E-state index contributed by atoms with van der Waals surface area (Å²) >= 11 is 6.44. The van der Waals surface area contributed by atoms with E-state index in [1.54, 1.807) is 43.7 Å². The van der Waals surface area contributed by atoms with Crippen molar-refractivity contribution in [2.75, 3.05) is 5.75 Å². The molecule has 5 nitrogen and oxygen atoms in total. The molecule has 0 unspecified atom stereocenters. The Morgan fingerprint density at radius 2 is 1.45 bits per heavy atom. The van der Waals surface area contributed by atoms with Crippen molar-refractivity contribution >= 4 is 21.4 Å². The fourth-order valence-corrected chi connectivity index (χ4v) is 4.65. The molecule has 0 aliphatic carbocycles. The second-order valence-corrected chi connectivity index (χ2v) is 11.0. The van der Waals surface area contributed by atoms with Crippen molar-refractivity contribution in [3.63, 3.8) is 0 Å². The molecule has 3 aromatic carbocycles. The van der Waals surface area contributed by atoms with E-state index in [2.05, 4.69) is 5.10 Å². The highest BCUT2D eigenvalue weighted by molar-refractivity contribution is 7.91. The quantitative estimate of drug-likeness (QED) is 0.374. The molecule has 1 heterocycles. The van der Waals surface area contributed by atoms with Crippen molar-refractivity contribution in [2.24, 2.45) is 0 Å². The standard InChI is InChI=1S/C26H25ClN2O3S/c1-4-33(31,32)21-15-13-19(14-16-21)18-9-11-20(12-10-18)24-17-25(26(2,3)30)28-29(24)23-8-6-5-7-22(23)27/h5-17,30H,4H2,1-3H3. The Morgan fingerprint density at radius 1 is 0.909 bits per heavy atom. The summed E-state index contributed by atoms with van der Waals surface area (Å²) in [5, 5.41) is 15.7. The third kappa shape index (κ3) is 4.74. The van der Waals surface area contributed by atoms with Crippen LogP contribution in [0.15, 0.2) is 83.8 Å². The Balaban J connectivity index is 1.74. The van der Waals surface area contributed by atoms with E-state index in [4.69, 9.17) is 11.6 Å². The zero-order valence-electron chi connectivity index (χ0n) is 18.7. The number of aromatic nitrogens is 2. The Hall–Kier alpha value is -2.93. The monoisotopic (exact) mass is 480 g/mol. The number of sulfone groups is 1. The maximum absolute atomic E-state index is 12.1. The van der Waals surface area contributed by atoms with Crippen molar-refractivity contribution < 1.29 is 13.5 Å². The number of para-hydroxylation sites is 1. The highest BCUT2D eigenvalue weighted by Crippen LogP contribution is 2.32. The van der Waals surface area contributed by atoms with Crippen molar-refractivity contribution in [2.45, 2.75) is 31.3 Å². The van der Waals surface area contributed by atoms with E-state index in [0.717, 1.165) is 28.1 Å². The van der Waals surface area contributed by atoms with Gasteiger partial charge in [0.1, 0.15) is 5.60 Å². The van der Waals surface area contributed by atoms with Crippen LogP contribution in [-0.4, -0.2) is 29.1 Å². The summed E-state index contributed by atoms with van der Waals surface area (Å²) in [7, 11) is -3.23. The lowest BCUT2D eigenvalue weighted by Gasteiger charge is -2.13. The van der Waals surface area contributed by atoms with Crippen molar-refractivity contribution in [3.05, 3.63) is 89.6 Å². The van der Waals surface area contributed by atoms with Crippen LogP contribution in [-0.2, 0) is 15.4 Å². The molecule has 7 heteroatoms. The minimum absolute atomic E-state index is 0.0762.